The number of phenols is 1. The molecular weight excluding hydrogens is 296 g/mol. The van der Waals surface area contributed by atoms with Crippen molar-refractivity contribution in [2.24, 2.45) is 0 Å². The van der Waals surface area contributed by atoms with Gasteiger partial charge in [0.2, 0.25) is 0 Å². The van der Waals surface area contributed by atoms with Crippen LogP contribution in [0.4, 0.5) is 11.4 Å². The molecule has 2 aromatic rings. The van der Waals surface area contributed by atoms with Crippen LogP contribution in [0, 0.1) is 0 Å². The van der Waals surface area contributed by atoms with Gasteiger partial charge in [0.15, 0.2) is 0 Å². The summed E-state index contributed by atoms with van der Waals surface area (Å²) in [6.45, 7) is 0. The molecule has 0 spiro atoms. The minimum Gasteiger partial charge on any atom is -0.507 e. The van der Waals surface area contributed by atoms with Gasteiger partial charge in [0.25, 0.3) is 5.91 Å². The predicted molar refractivity (Wildman–Crippen MR) is 78.9 cm³/mol. The lowest BCUT2D eigenvalue weighted by molar-refractivity contribution is 0.0696. The van der Waals surface area contributed by atoms with Crippen LogP contribution in [0.3, 0.4) is 0 Å². The zero-order valence-electron chi connectivity index (χ0n) is 10.6. The molecule has 0 fully saturated rings. The highest BCUT2D eigenvalue weighted by atomic mass is 35.5. The van der Waals surface area contributed by atoms with Crippen LogP contribution in [0.25, 0.3) is 0 Å². The maximum absolute atomic E-state index is 12.1. The highest BCUT2D eigenvalue weighted by molar-refractivity contribution is 6.31. The third-order valence-electron chi connectivity index (χ3n) is 2.75. The molecule has 108 valence electrons. The molecule has 0 heterocycles. The Morgan fingerprint density at radius 1 is 1.14 bits per heavy atom. The number of hydrogen-bond acceptors (Lipinski definition) is 4. The van der Waals surface area contributed by atoms with E-state index in [0.717, 1.165) is 0 Å². The Hall–Kier alpha value is -2.73. The maximum Gasteiger partial charge on any atom is 0.335 e. The second-order valence-corrected chi connectivity index (χ2v) is 4.66. The number of aromatic hydroxyl groups is 1. The molecule has 0 aliphatic rings. The highest BCUT2D eigenvalue weighted by Crippen LogP contribution is 2.25. The first-order chi connectivity index (χ1) is 9.88. The van der Waals surface area contributed by atoms with Crippen molar-refractivity contribution in [1.29, 1.82) is 0 Å². The van der Waals surface area contributed by atoms with Crippen LogP contribution in [0.5, 0.6) is 5.75 Å². The lowest BCUT2D eigenvalue weighted by atomic mass is 10.1. The topological polar surface area (TPSA) is 113 Å². The summed E-state index contributed by atoms with van der Waals surface area (Å²) < 4.78 is 0. The van der Waals surface area contributed by atoms with Gasteiger partial charge in [-0.2, -0.15) is 0 Å². The van der Waals surface area contributed by atoms with E-state index >= 15 is 0 Å². The van der Waals surface area contributed by atoms with Crippen molar-refractivity contribution in [1.82, 2.24) is 0 Å². The maximum atomic E-state index is 12.1. The number of nitrogens with two attached hydrogens (primary N) is 1. The molecule has 0 saturated carbocycles. The van der Waals surface area contributed by atoms with Gasteiger partial charge in [-0.3, -0.25) is 4.79 Å². The van der Waals surface area contributed by atoms with E-state index in [9.17, 15) is 14.7 Å². The van der Waals surface area contributed by atoms with Crippen molar-refractivity contribution < 1.29 is 19.8 Å². The van der Waals surface area contributed by atoms with Crippen LogP contribution in [-0.4, -0.2) is 22.1 Å². The number of hydrogen-bond donors (Lipinski definition) is 4. The van der Waals surface area contributed by atoms with E-state index in [-0.39, 0.29) is 28.3 Å². The first kappa shape index (κ1) is 14.7. The van der Waals surface area contributed by atoms with Crippen LogP contribution in [0.1, 0.15) is 20.7 Å². The van der Waals surface area contributed by atoms with Crippen LogP contribution >= 0.6 is 11.6 Å². The summed E-state index contributed by atoms with van der Waals surface area (Å²) in [5.41, 5.74) is 6.03. The van der Waals surface area contributed by atoms with Gasteiger partial charge in [-0.15, -0.1) is 0 Å². The van der Waals surface area contributed by atoms with Crippen LogP contribution in [0.15, 0.2) is 36.4 Å². The third-order valence-corrected chi connectivity index (χ3v) is 2.99. The zero-order chi connectivity index (χ0) is 15.6. The zero-order valence-corrected chi connectivity index (χ0v) is 11.4. The van der Waals surface area contributed by atoms with E-state index in [4.69, 9.17) is 22.4 Å². The van der Waals surface area contributed by atoms with Crippen molar-refractivity contribution in [3.8, 4) is 5.75 Å². The Labute approximate surface area is 124 Å². The first-order valence-corrected chi connectivity index (χ1v) is 6.19. The molecule has 5 N–H and O–H groups in total. The van der Waals surface area contributed by atoms with Crippen molar-refractivity contribution in [2.75, 3.05) is 11.1 Å². The van der Waals surface area contributed by atoms with Crippen LogP contribution in [-0.2, 0) is 0 Å². The predicted octanol–water partition coefficient (Wildman–Crippen LogP) is 2.58. The number of amides is 1. The Balaban J connectivity index is 2.27. The fourth-order valence-electron chi connectivity index (χ4n) is 1.69. The number of benzene rings is 2. The van der Waals surface area contributed by atoms with Gasteiger partial charge in [0.1, 0.15) is 5.75 Å². The number of carboxylic acid groups (broad SMARTS) is 1. The van der Waals surface area contributed by atoms with Crippen molar-refractivity contribution >= 4 is 34.9 Å². The van der Waals surface area contributed by atoms with E-state index in [1.807, 2.05) is 0 Å². The van der Waals surface area contributed by atoms with Gasteiger partial charge < -0.3 is 21.3 Å². The van der Waals surface area contributed by atoms with E-state index in [1.165, 1.54) is 36.4 Å². The number of rotatable bonds is 3. The minimum absolute atomic E-state index is 0.00999. The number of carbonyl (C=O) groups excluding carboxylic acids is 1. The second kappa shape index (κ2) is 5.72. The third kappa shape index (κ3) is 3.24. The largest absolute Gasteiger partial charge is 0.507 e. The Kier molecular flexibility index (Phi) is 4.00. The smallest absolute Gasteiger partial charge is 0.335 e. The molecule has 7 heteroatoms. The van der Waals surface area contributed by atoms with E-state index < -0.39 is 11.9 Å². The summed E-state index contributed by atoms with van der Waals surface area (Å²) in [5.74, 6) is -1.95. The number of aromatic carboxylic acids is 1. The van der Waals surface area contributed by atoms with E-state index in [2.05, 4.69) is 5.32 Å². The number of anilines is 2. The average Bonchev–Trinajstić information content (AvgIpc) is 2.43. The lowest BCUT2D eigenvalue weighted by Gasteiger charge is -2.10. The first-order valence-electron chi connectivity index (χ1n) is 5.81. The fourth-order valence-corrected chi connectivity index (χ4v) is 1.86. The van der Waals surface area contributed by atoms with Gasteiger partial charge in [0, 0.05) is 5.02 Å². The fraction of sp³-hybridized carbons (Fsp3) is 0. The number of carboxylic acids is 1. The molecule has 2 aromatic carbocycles. The molecule has 0 saturated heterocycles. The molecule has 1 amide bonds. The average molecular weight is 307 g/mol. The van der Waals surface area contributed by atoms with Gasteiger partial charge in [-0.25, -0.2) is 4.79 Å². The molecular formula is C14H11ClN2O4. The molecule has 0 atom stereocenters. The highest BCUT2D eigenvalue weighted by Gasteiger charge is 2.14. The summed E-state index contributed by atoms with van der Waals surface area (Å²) in [7, 11) is 0. The molecule has 21 heavy (non-hydrogen) atoms. The standard InChI is InChI=1S/C14H11ClN2O4/c15-8-2-4-12(18)9(6-8)13(19)17-11-3-1-7(14(20)21)5-10(11)16/h1-6,18H,16H2,(H,17,19)(H,20,21). The summed E-state index contributed by atoms with van der Waals surface area (Å²) in [5, 5.41) is 21.3. The quantitative estimate of drug-likeness (QED) is 0.651. The molecule has 0 unspecified atom stereocenters. The monoisotopic (exact) mass is 306 g/mol. The lowest BCUT2D eigenvalue weighted by Crippen LogP contribution is -2.14. The van der Waals surface area contributed by atoms with Crippen molar-refractivity contribution in [3.05, 3.63) is 52.5 Å². The molecule has 2 rings (SSSR count). The second-order valence-electron chi connectivity index (χ2n) is 4.22. The molecule has 0 aliphatic heterocycles. The van der Waals surface area contributed by atoms with E-state index in [0.29, 0.717) is 5.02 Å². The van der Waals surface area contributed by atoms with E-state index in [1.54, 1.807) is 0 Å². The number of halogens is 1. The molecule has 0 radical (unpaired) electrons. The summed E-state index contributed by atoms with van der Waals surface area (Å²) in [6, 6.07) is 7.98. The van der Waals surface area contributed by atoms with Gasteiger partial charge in [-0.1, -0.05) is 11.6 Å². The summed E-state index contributed by atoms with van der Waals surface area (Å²) >= 11 is 5.77. The van der Waals surface area contributed by atoms with Gasteiger partial charge in [0.05, 0.1) is 22.5 Å². The Morgan fingerprint density at radius 2 is 1.86 bits per heavy atom. The molecule has 0 bridgehead atoms. The normalized spacial score (nSPS) is 10.1. The number of carbonyl (C=O) groups is 2. The van der Waals surface area contributed by atoms with Gasteiger partial charge >= 0.3 is 5.97 Å². The van der Waals surface area contributed by atoms with Crippen molar-refractivity contribution in [2.45, 2.75) is 0 Å². The van der Waals surface area contributed by atoms with Crippen LogP contribution < -0.4 is 11.1 Å². The van der Waals surface area contributed by atoms with Crippen molar-refractivity contribution in [3.63, 3.8) is 0 Å². The SMILES string of the molecule is Nc1cc(C(=O)O)ccc1NC(=O)c1cc(Cl)ccc1O. The Morgan fingerprint density at radius 3 is 2.48 bits per heavy atom. The number of nitrogens with one attached hydrogen (secondary N) is 1. The number of nitrogen functional groups attached to an aromatic ring is 1. The molecule has 6 nitrogen and oxygen atoms in total. The van der Waals surface area contributed by atoms with Crippen LogP contribution in [0.2, 0.25) is 5.02 Å². The number of phenolic OH excluding ortho intramolecular Hbond substituents is 1. The summed E-state index contributed by atoms with van der Waals surface area (Å²) in [6.07, 6.45) is 0. The minimum atomic E-state index is -1.12. The Bertz CT molecular complexity index is 731. The summed E-state index contributed by atoms with van der Waals surface area (Å²) in [4.78, 5) is 22.9. The molecule has 0 aromatic heterocycles. The molecule has 0 aliphatic carbocycles. The van der Waals surface area contributed by atoms with Gasteiger partial charge in [-0.05, 0) is 36.4 Å².